The molecule has 0 aliphatic heterocycles. The van der Waals surface area contributed by atoms with Crippen LogP contribution in [0.2, 0.25) is 0 Å². The fraction of sp³-hybridized carbons (Fsp3) is 0.100. The zero-order valence-electron chi connectivity index (χ0n) is 7.90. The fourth-order valence-electron chi connectivity index (χ4n) is 1.38. The molecule has 0 saturated carbocycles. The average Bonchev–Trinajstić information content (AvgIpc) is 2.61. The highest BCUT2D eigenvalue weighted by molar-refractivity contribution is 9.10. The molecular weight excluding hydrogens is 262 g/mol. The standard InChI is InChI=1S/C10H8BrNO3/c1-15-7-3-8(11)9-2-6(10(13)14)4-12(9)5-7/h2-5H,1H3,(H,13,14). The van der Waals surface area contributed by atoms with Crippen molar-refractivity contribution in [1.82, 2.24) is 4.40 Å². The van der Waals surface area contributed by atoms with Crippen LogP contribution in [0.3, 0.4) is 0 Å². The molecule has 5 heteroatoms. The summed E-state index contributed by atoms with van der Waals surface area (Å²) in [5.74, 6) is -0.272. The monoisotopic (exact) mass is 269 g/mol. The van der Waals surface area contributed by atoms with Gasteiger partial charge in [0, 0.05) is 10.7 Å². The number of nitrogens with zero attached hydrogens (tertiary/aromatic N) is 1. The smallest absolute Gasteiger partial charge is 0.337 e. The third-order valence-corrected chi connectivity index (χ3v) is 2.75. The zero-order chi connectivity index (χ0) is 11.0. The van der Waals surface area contributed by atoms with Crippen molar-refractivity contribution in [2.24, 2.45) is 0 Å². The number of carboxylic acid groups (broad SMARTS) is 1. The summed E-state index contributed by atoms with van der Waals surface area (Å²) in [5, 5.41) is 8.84. The van der Waals surface area contributed by atoms with E-state index in [-0.39, 0.29) is 5.56 Å². The van der Waals surface area contributed by atoms with E-state index in [0.717, 1.165) is 9.99 Å². The first kappa shape index (κ1) is 10.0. The van der Waals surface area contributed by atoms with Crippen LogP contribution < -0.4 is 4.74 Å². The van der Waals surface area contributed by atoms with Crippen LogP contribution in [0.1, 0.15) is 10.4 Å². The number of fused-ring (bicyclic) bond motifs is 1. The summed E-state index contributed by atoms with van der Waals surface area (Å²) in [4.78, 5) is 10.8. The lowest BCUT2D eigenvalue weighted by Crippen LogP contribution is -1.92. The lowest BCUT2D eigenvalue weighted by Gasteiger charge is -2.02. The van der Waals surface area contributed by atoms with Crippen molar-refractivity contribution in [2.45, 2.75) is 0 Å². The summed E-state index contributed by atoms with van der Waals surface area (Å²) in [6.07, 6.45) is 3.28. The first-order valence-corrected chi connectivity index (χ1v) is 4.99. The molecule has 0 amide bonds. The number of hydrogen-bond donors (Lipinski definition) is 1. The molecule has 0 bridgehead atoms. The molecular formula is C10H8BrNO3. The minimum atomic E-state index is -0.940. The van der Waals surface area contributed by atoms with E-state index in [4.69, 9.17) is 9.84 Å². The molecule has 0 unspecified atom stereocenters. The Labute approximate surface area is 94.2 Å². The van der Waals surface area contributed by atoms with E-state index in [9.17, 15) is 4.79 Å². The molecule has 2 aromatic heterocycles. The average molecular weight is 270 g/mol. The lowest BCUT2D eigenvalue weighted by atomic mass is 10.3. The van der Waals surface area contributed by atoms with Gasteiger partial charge >= 0.3 is 5.97 Å². The number of hydrogen-bond acceptors (Lipinski definition) is 2. The van der Waals surface area contributed by atoms with Gasteiger partial charge in [0.1, 0.15) is 5.75 Å². The summed E-state index contributed by atoms with van der Waals surface area (Å²) in [5.41, 5.74) is 1.05. The molecule has 0 spiro atoms. The van der Waals surface area contributed by atoms with Gasteiger partial charge in [0.2, 0.25) is 0 Å². The predicted molar refractivity (Wildman–Crippen MR) is 58.6 cm³/mol. The Morgan fingerprint density at radius 1 is 1.47 bits per heavy atom. The van der Waals surface area contributed by atoms with E-state index in [1.165, 1.54) is 0 Å². The first-order valence-electron chi connectivity index (χ1n) is 4.20. The van der Waals surface area contributed by atoms with E-state index in [1.54, 1.807) is 36.0 Å². The van der Waals surface area contributed by atoms with Crippen molar-refractivity contribution in [3.63, 3.8) is 0 Å². The van der Waals surface area contributed by atoms with E-state index >= 15 is 0 Å². The van der Waals surface area contributed by atoms with Crippen molar-refractivity contribution in [1.29, 1.82) is 0 Å². The van der Waals surface area contributed by atoms with Gasteiger partial charge in [-0.05, 0) is 28.1 Å². The summed E-state index contributed by atoms with van der Waals surface area (Å²) in [7, 11) is 1.56. The summed E-state index contributed by atoms with van der Waals surface area (Å²) < 4.78 is 7.59. The molecule has 0 radical (unpaired) electrons. The Morgan fingerprint density at radius 3 is 2.80 bits per heavy atom. The van der Waals surface area contributed by atoms with Crippen molar-refractivity contribution in [3.8, 4) is 5.75 Å². The Balaban J connectivity index is 2.69. The molecule has 78 valence electrons. The van der Waals surface area contributed by atoms with Gasteiger partial charge < -0.3 is 14.2 Å². The maximum absolute atomic E-state index is 10.8. The van der Waals surface area contributed by atoms with E-state index in [2.05, 4.69) is 15.9 Å². The van der Waals surface area contributed by atoms with Gasteiger partial charge in [-0.25, -0.2) is 4.79 Å². The van der Waals surface area contributed by atoms with Gasteiger partial charge in [0.25, 0.3) is 0 Å². The third kappa shape index (κ3) is 1.70. The molecule has 2 rings (SSSR count). The quantitative estimate of drug-likeness (QED) is 0.911. The largest absolute Gasteiger partial charge is 0.495 e. The molecule has 1 N–H and O–H groups in total. The Kier molecular flexibility index (Phi) is 2.40. The van der Waals surface area contributed by atoms with Crippen LogP contribution in [-0.4, -0.2) is 22.6 Å². The summed E-state index contributed by atoms with van der Waals surface area (Å²) in [6, 6.07) is 3.40. The van der Waals surface area contributed by atoms with Gasteiger partial charge in [-0.2, -0.15) is 0 Å². The van der Waals surface area contributed by atoms with Gasteiger partial charge in [-0.3, -0.25) is 0 Å². The van der Waals surface area contributed by atoms with Crippen LogP contribution in [-0.2, 0) is 0 Å². The number of rotatable bonds is 2. The normalized spacial score (nSPS) is 10.5. The van der Waals surface area contributed by atoms with Crippen LogP contribution in [0.4, 0.5) is 0 Å². The Hall–Kier alpha value is -1.49. The van der Waals surface area contributed by atoms with Crippen LogP contribution in [0, 0.1) is 0 Å². The van der Waals surface area contributed by atoms with Crippen molar-refractivity contribution >= 4 is 27.4 Å². The van der Waals surface area contributed by atoms with Crippen LogP contribution in [0.15, 0.2) is 29.0 Å². The molecule has 0 aromatic carbocycles. The van der Waals surface area contributed by atoms with Gasteiger partial charge in [0.05, 0.1) is 24.4 Å². The van der Waals surface area contributed by atoms with Gasteiger partial charge in [0.15, 0.2) is 0 Å². The third-order valence-electron chi connectivity index (χ3n) is 2.11. The first-order chi connectivity index (χ1) is 7.11. The van der Waals surface area contributed by atoms with Crippen LogP contribution >= 0.6 is 15.9 Å². The number of carboxylic acids is 1. The molecule has 0 aliphatic carbocycles. The molecule has 15 heavy (non-hydrogen) atoms. The summed E-state index contributed by atoms with van der Waals surface area (Å²) >= 11 is 3.36. The highest BCUT2D eigenvalue weighted by atomic mass is 79.9. The van der Waals surface area contributed by atoms with Gasteiger partial charge in [-0.1, -0.05) is 0 Å². The maximum atomic E-state index is 10.8. The minimum absolute atomic E-state index is 0.254. The van der Waals surface area contributed by atoms with Crippen LogP contribution in [0.5, 0.6) is 5.75 Å². The van der Waals surface area contributed by atoms with E-state index in [0.29, 0.717) is 5.75 Å². The second kappa shape index (κ2) is 3.58. The number of halogens is 1. The van der Waals surface area contributed by atoms with Crippen molar-refractivity contribution in [3.05, 3.63) is 34.6 Å². The second-order valence-corrected chi connectivity index (χ2v) is 3.91. The highest BCUT2D eigenvalue weighted by Crippen LogP contribution is 2.25. The number of aromatic nitrogens is 1. The molecule has 0 aliphatic rings. The number of carbonyl (C=O) groups is 1. The Bertz CT molecular complexity index is 533. The maximum Gasteiger partial charge on any atom is 0.337 e. The molecule has 4 nitrogen and oxygen atoms in total. The number of methoxy groups -OCH3 is 1. The SMILES string of the molecule is COc1cc(Br)c2cc(C(=O)O)cn2c1. The van der Waals surface area contributed by atoms with Crippen molar-refractivity contribution in [2.75, 3.05) is 7.11 Å². The topological polar surface area (TPSA) is 50.9 Å². The predicted octanol–water partition coefficient (Wildman–Crippen LogP) is 2.41. The fourth-order valence-corrected chi connectivity index (χ4v) is 1.92. The number of pyridine rings is 1. The van der Waals surface area contributed by atoms with Gasteiger partial charge in [-0.15, -0.1) is 0 Å². The van der Waals surface area contributed by atoms with E-state index < -0.39 is 5.97 Å². The lowest BCUT2D eigenvalue weighted by molar-refractivity contribution is 0.0697. The molecule has 2 heterocycles. The molecule has 0 saturated heterocycles. The van der Waals surface area contributed by atoms with Crippen molar-refractivity contribution < 1.29 is 14.6 Å². The molecule has 0 atom stereocenters. The number of aromatic carboxylic acids is 1. The zero-order valence-corrected chi connectivity index (χ0v) is 9.48. The number of ether oxygens (including phenoxy) is 1. The molecule has 2 aromatic rings. The Morgan fingerprint density at radius 2 is 2.20 bits per heavy atom. The highest BCUT2D eigenvalue weighted by Gasteiger charge is 2.09. The summed E-state index contributed by atoms with van der Waals surface area (Å²) in [6.45, 7) is 0. The second-order valence-electron chi connectivity index (χ2n) is 3.05. The molecule has 0 fully saturated rings. The minimum Gasteiger partial charge on any atom is -0.495 e. The van der Waals surface area contributed by atoms with E-state index in [1.807, 2.05) is 0 Å². The van der Waals surface area contributed by atoms with Crippen LogP contribution in [0.25, 0.3) is 5.52 Å².